The van der Waals surface area contributed by atoms with Crippen molar-refractivity contribution in [3.05, 3.63) is 233 Å². The predicted octanol–water partition coefficient (Wildman–Crippen LogP) is 14.7. The molecule has 0 N–H and O–H groups in total. The molecule has 2 heterocycles. The summed E-state index contributed by atoms with van der Waals surface area (Å²) in [4.78, 5) is 62.9. The molecule has 0 aliphatic heterocycles. The molecule has 22 heteroatoms. The summed E-state index contributed by atoms with van der Waals surface area (Å²) in [6.07, 6.45) is -20.9. The van der Waals surface area contributed by atoms with E-state index in [-0.39, 0.29) is 55.2 Å². The van der Waals surface area contributed by atoms with E-state index in [9.17, 15) is 57.7 Å². The van der Waals surface area contributed by atoms with Crippen LogP contribution in [0, 0.1) is 18.6 Å². The van der Waals surface area contributed by atoms with Crippen LogP contribution in [0.4, 0.5) is 35.1 Å². The number of likely N-dealkylation sites (N-methyl/N-ethyl adjacent to an activating group) is 2. The SMILES string of the molecule is [2H]C([2H])(Sc1nc(=O)c2c(n1CC(=O)N(C([2H])([2H])c1ccc(-c3ccc(C(F)(F)F)cc3)cc1)C([2H])([2H])C([2H])([2H])N(C([2H])([2H])C)C([2H])([2H])C)CCC2)c1ccc(F)cc1.[2H]c1c([2H])c(C([2H])([2H])Sc2nc(=O)c3c(n2CC(=O)N(C([2H])([2H])c2c([2H])c([2H])c(-c4c([2H])c([2H])c(C(F)(F)F)c(C)c4[2H])c([2H])c2[2H])C([2H])([2H])C([2H])([2H])N(C([2H])([2H])C)C([2H])([2H])C)C([2H])([2H])C([2H])([2H])C3([2H])[2H])c([2H])c([2H])c1F. The summed E-state index contributed by atoms with van der Waals surface area (Å²) < 4.78 is 467. The lowest BCUT2D eigenvalue weighted by Gasteiger charge is -2.28. The van der Waals surface area contributed by atoms with Gasteiger partial charge in [0.2, 0.25) is 11.8 Å². The van der Waals surface area contributed by atoms with Crippen LogP contribution in [0.2, 0.25) is 0 Å². The van der Waals surface area contributed by atoms with Gasteiger partial charge in [-0.2, -0.15) is 36.3 Å². The van der Waals surface area contributed by atoms with E-state index in [1.807, 2.05) is 0 Å². The lowest BCUT2D eigenvalue weighted by atomic mass is 9.98. The summed E-state index contributed by atoms with van der Waals surface area (Å²) in [6.45, 7) is -37.8. The van der Waals surface area contributed by atoms with Crippen LogP contribution in [-0.4, -0.2) is 102 Å². The van der Waals surface area contributed by atoms with Gasteiger partial charge in [0.1, 0.15) is 24.7 Å². The maximum Gasteiger partial charge on any atom is 0.416 e. The molecule has 502 valence electrons. The first-order valence-corrected chi connectivity index (χ1v) is 29.3. The number of carbonyl (C=O) groups excluding carboxylic acids is 2. The maximum absolute atomic E-state index is 15.4. The Bertz CT molecular complexity index is 6080. The zero-order chi connectivity index (χ0) is 104. The van der Waals surface area contributed by atoms with E-state index >= 15 is 4.79 Å². The van der Waals surface area contributed by atoms with Crippen molar-refractivity contribution in [1.82, 2.24) is 38.7 Å². The number of hydrogen-bond acceptors (Lipinski definition) is 10. The first-order chi connectivity index (χ1) is 61.1. The summed E-state index contributed by atoms with van der Waals surface area (Å²) in [5, 5.41) is -1.86. The van der Waals surface area contributed by atoms with E-state index in [1.54, 1.807) is 0 Å². The highest BCUT2D eigenvalue weighted by Crippen LogP contribution is 2.36. The summed E-state index contributed by atoms with van der Waals surface area (Å²) in [5.74, 6) is -6.41. The number of aromatic nitrogens is 4. The van der Waals surface area contributed by atoms with Gasteiger partial charge >= 0.3 is 12.4 Å². The number of alkyl halides is 6. The van der Waals surface area contributed by atoms with Crippen molar-refractivity contribution >= 4 is 35.3 Å². The highest BCUT2D eigenvalue weighted by Gasteiger charge is 2.33. The third-order valence-electron chi connectivity index (χ3n) is 13.2. The molecule has 0 fully saturated rings. The number of amides is 2. The van der Waals surface area contributed by atoms with E-state index in [2.05, 4.69) is 9.97 Å². The maximum atomic E-state index is 15.4. The second-order valence-electron chi connectivity index (χ2n) is 19.4. The number of halogens is 8. The summed E-state index contributed by atoms with van der Waals surface area (Å²) >= 11 is -0.200. The molecule has 12 nitrogen and oxygen atoms in total. The molecule has 0 radical (unpaired) electrons. The van der Waals surface area contributed by atoms with Crippen molar-refractivity contribution in [2.75, 3.05) is 52.0 Å². The number of fused-ring (bicyclic) bond motifs is 2. The standard InChI is InChI=1S/C37H40F4N4O2S.C36H38F4N4O2S/c1-4-43(5-2)19-20-44(22-26-9-13-28(14-10-26)29-15-18-32(25(3)21-29)37(39,40)41)34(46)23-45-33-8-6-7-31(33)35(47)42-36(45)48-24-27-11-16-30(38)17-12-27;1-3-42(4-2)20-21-43(22-25-8-12-27(13-9-25)28-14-16-29(17-15-28)36(38,39)40)33(45)23-44-32-7-5-6-31(32)34(46)41-35(44)47-24-26-10-18-30(37)19-11-26/h9-18,21H,4-8,19-20,22-24H2,1-3H3;8-19H,3-7,20-24H2,1-2H3/i4D2,5D2,6D2,7D2,8D2,9D,10D,11D,12D,13D,14D,15D,16D,17D,18D,19D2,20D2,21D,22D2,24D2;3D2,4D2,20D2,21D2,22D2,24D2. The number of rotatable bonds is 26. The molecule has 10 rings (SSSR count). The van der Waals surface area contributed by atoms with Crippen molar-refractivity contribution in [1.29, 1.82) is 0 Å². The van der Waals surface area contributed by atoms with Crippen LogP contribution in [0.1, 0.15) is 158 Å². The van der Waals surface area contributed by atoms with Crippen LogP contribution in [0.3, 0.4) is 0 Å². The van der Waals surface area contributed by atoms with Gasteiger partial charge in [-0.25, -0.2) is 8.78 Å². The predicted molar refractivity (Wildman–Crippen MR) is 358 cm³/mol. The molecule has 0 atom stereocenters. The molecular formula is C73H78F8N8O4S2. The van der Waals surface area contributed by atoms with Gasteiger partial charge in [-0.05, 0) is 164 Å². The van der Waals surface area contributed by atoms with Crippen molar-refractivity contribution in [2.24, 2.45) is 0 Å². The van der Waals surface area contributed by atoms with Gasteiger partial charge in [0.25, 0.3) is 11.1 Å². The minimum Gasteiger partial charge on any atom is -0.336 e. The topological polar surface area (TPSA) is 117 Å². The molecule has 95 heavy (non-hydrogen) atoms. The molecule has 2 aromatic heterocycles. The first-order valence-electron chi connectivity index (χ1n) is 48.1. The van der Waals surface area contributed by atoms with E-state index in [0.29, 0.717) is 39.0 Å². The zero-order valence-electron chi connectivity index (χ0n) is 91.0. The van der Waals surface area contributed by atoms with Crippen LogP contribution in [0.25, 0.3) is 22.3 Å². The molecular weight excluding hydrogens is 1270 g/mol. The van der Waals surface area contributed by atoms with Gasteiger partial charge in [0.05, 0.1) is 37.2 Å². The van der Waals surface area contributed by atoms with Gasteiger partial charge in [-0.3, -0.25) is 19.2 Å². The number of thioether (sulfide) groups is 2. The van der Waals surface area contributed by atoms with Crippen molar-refractivity contribution < 1.29 is 101 Å². The zero-order valence-corrected chi connectivity index (χ0v) is 51.6. The Labute approximate surface area is 615 Å². The Morgan fingerprint density at radius 3 is 1.59 bits per heavy atom. The van der Waals surface area contributed by atoms with Gasteiger partial charge in [-0.15, -0.1) is 0 Å². The minimum absolute atomic E-state index is 0.0541. The Balaban J connectivity index is 0.000000316. The van der Waals surface area contributed by atoms with E-state index < -0.39 is 310 Å². The molecule has 2 aliphatic carbocycles. The molecule has 2 aliphatic rings. The van der Waals surface area contributed by atoms with E-state index in [0.717, 1.165) is 66.9 Å². The largest absolute Gasteiger partial charge is 0.416 e. The number of nitrogens with zero attached hydrogens (tertiary/aromatic N) is 8. The number of hydrogen-bond donors (Lipinski definition) is 0. The highest BCUT2D eigenvalue weighted by atomic mass is 32.2. The molecule has 0 bridgehead atoms. The van der Waals surface area contributed by atoms with E-state index in [1.165, 1.54) is 24.3 Å². The van der Waals surface area contributed by atoms with Gasteiger partial charge < -0.3 is 28.7 Å². The molecule has 8 aromatic rings. The van der Waals surface area contributed by atoms with Crippen molar-refractivity contribution in [3.8, 4) is 22.3 Å². The average molecular weight is 1390 g/mol. The number of benzene rings is 6. The van der Waals surface area contributed by atoms with Gasteiger partial charge in [0.15, 0.2) is 10.3 Å². The summed E-state index contributed by atoms with van der Waals surface area (Å²) in [5.41, 5.74) is -20.8. The smallest absolute Gasteiger partial charge is 0.336 e. The number of carbonyl (C=O) groups is 2. The van der Waals surface area contributed by atoms with Crippen molar-refractivity contribution in [2.45, 2.75) is 133 Å². The fourth-order valence-electron chi connectivity index (χ4n) is 8.65. The Hall–Kier alpha value is -7.92. The Morgan fingerprint density at radius 2 is 1.04 bits per heavy atom. The fourth-order valence-corrected chi connectivity index (χ4v) is 10.1. The third-order valence-corrected chi connectivity index (χ3v) is 14.9. The Morgan fingerprint density at radius 1 is 0.547 bits per heavy atom. The second kappa shape index (κ2) is 32.7. The van der Waals surface area contributed by atoms with E-state index in [4.69, 9.17) is 48.0 Å². The molecule has 0 unspecified atom stereocenters. The van der Waals surface area contributed by atoms with Crippen LogP contribution >= 0.6 is 23.5 Å². The molecule has 0 spiro atoms. The second-order valence-corrected chi connectivity index (χ2v) is 20.9. The third kappa shape index (κ3) is 19.0. The normalized spacial score (nSPS) is 22.5. The quantitative estimate of drug-likeness (QED) is 0.0295. The lowest BCUT2D eigenvalue weighted by molar-refractivity contribution is -0.138. The molecule has 2 amide bonds. The first kappa shape index (κ1) is 34.8. The van der Waals surface area contributed by atoms with Gasteiger partial charge in [0, 0.05) is 103 Å². The van der Waals surface area contributed by atoms with Crippen molar-refractivity contribution in [3.63, 3.8) is 0 Å². The minimum atomic E-state index is -5.36. The summed E-state index contributed by atoms with van der Waals surface area (Å²) in [7, 11) is 0. The monoisotopic (exact) mass is 1390 g/mol. The fraction of sp³-hybridized carbons (Fsp3) is 0.370. The molecule has 6 aromatic carbocycles. The Kier molecular flexibility index (Phi) is 12.0. The van der Waals surface area contributed by atoms with Crippen LogP contribution in [0.15, 0.2) is 159 Å². The lowest BCUT2D eigenvalue weighted by Crippen LogP contribution is -2.40. The van der Waals surface area contributed by atoms with Crippen LogP contribution in [0.5, 0.6) is 0 Å². The highest BCUT2D eigenvalue weighted by molar-refractivity contribution is 7.98. The van der Waals surface area contributed by atoms with Crippen LogP contribution < -0.4 is 11.1 Å². The molecule has 0 saturated heterocycles. The van der Waals surface area contributed by atoms with Gasteiger partial charge in [-0.1, -0.05) is 148 Å². The van der Waals surface area contributed by atoms with Crippen LogP contribution in [-0.2, 0) is 85.0 Å². The molecule has 0 saturated carbocycles. The average Bonchev–Trinajstić information content (AvgIpc) is 1.62. The summed E-state index contributed by atoms with van der Waals surface area (Å²) in [6, 6.07) is -3.75.